The third-order valence-electron chi connectivity index (χ3n) is 5.19. The lowest BCUT2D eigenvalue weighted by atomic mass is 9.76. The molecule has 3 rings (SSSR count). The SMILES string of the molecule is C=CCC1(c2ccccc2)C[C@@H](C)N(S(=O)(=O)c2ccc(C)cc2)C1. The smallest absolute Gasteiger partial charge is 0.207 e. The molecule has 132 valence electrons. The first-order valence-corrected chi connectivity index (χ1v) is 10.1. The molecule has 0 N–H and O–H groups in total. The van der Waals surface area contributed by atoms with Gasteiger partial charge in [0.05, 0.1) is 4.90 Å². The Hall–Kier alpha value is -1.91. The van der Waals surface area contributed by atoms with Crippen molar-refractivity contribution in [2.24, 2.45) is 0 Å². The van der Waals surface area contributed by atoms with E-state index in [1.54, 1.807) is 16.4 Å². The number of allylic oxidation sites excluding steroid dienone is 1. The van der Waals surface area contributed by atoms with Crippen molar-refractivity contribution in [3.8, 4) is 0 Å². The van der Waals surface area contributed by atoms with Crippen LogP contribution < -0.4 is 0 Å². The van der Waals surface area contributed by atoms with Crippen LogP contribution in [-0.2, 0) is 15.4 Å². The van der Waals surface area contributed by atoms with Crippen LogP contribution in [0.2, 0.25) is 0 Å². The maximum Gasteiger partial charge on any atom is 0.243 e. The van der Waals surface area contributed by atoms with Crippen LogP contribution in [0.5, 0.6) is 0 Å². The molecular formula is C21H25NO2S. The van der Waals surface area contributed by atoms with Crippen LogP contribution in [-0.4, -0.2) is 25.3 Å². The summed E-state index contributed by atoms with van der Waals surface area (Å²) in [5.74, 6) is 0. The number of hydrogen-bond donors (Lipinski definition) is 0. The van der Waals surface area contributed by atoms with E-state index in [9.17, 15) is 8.42 Å². The maximum absolute atomic E-state index is 13.2. The molecule has 2 atom stereocenters. The second kappa shape index (κ2) is 6.77. The number of hydrogen-bond acceptors (Lipinski definition) is 2. The lowest BCUT2D eigenvalue weighted by molar-refractivity contribution is 0.395. The normalized spacial score (nSPS) is 24.3. The van der Waals surface area contributed by atoms with Gasteiger partial charge in [-0.15, -0.1) is 6.58 Å². The van der Waals surface area contributed by atoms with Gasteiger partial charge in [-0.1, -0.05) is 54.1 Å². The summed E-state index contributed by atoms with van der Waals surface area (Å²) in [7, 11) is -3.50. The summed E-state index contributed by atoms with van der Waals surface area (Å²) in [6.07, 6.45) is 3.47. The second-order valence-electron chi connectivity index (χ2n) is 7.06. The predicted octanol–water partition coefficient (Wildman–Crippen LogP) is 4.29. The molecule has 0 saturated carbocycles. The van der Waals surface area contributed by atoms with Crippen molar-refractivity contribution < 1.29 is 8.42 Å². The Morgan fingerprint density at radius 3 is 2.40 bits per heavy atom. The van der Waals surface area contributed by atoms with Gasteiger partial charge >= 0.3 is 0 Å². The van der Waals surface area contributed by atoms with Crippen molar-refractivity contribution in [1.82, 2.24) is 4.31 Å². The van der Waals surface area contributed by atoms with E-state index in [0.717, 1.165) is 18.4 Å². The van der Waals surface area contributed by atoms with Gasteiger partial charge in [-0.05, 0) is 44.4 Å². The number of sulfonamides is 1. The van der Waals surface area contributed by atoms with Crippen LogP contribution in [0.15, 0.2) is 72.1 Å². The number of aryl methyl sites for hydroxylation is 1. The Morgan fingerprint density at radius 1 is 1.16 bits per heavy atom. The van der Waals surface area contributed by atoms with Crippen molar-refractivity contribution in [2.75, 3.05) is 6.54 Å². The van der Waals surface area contributed by atoms with Gasteiger partial charge < -0.3 is 0 Å². The van der Waals surface area contributed by atoms with Gasteiger partial charge in [-0.25, -0.2) is 8.42 Å². The minimum atomic E-state index is -3.50. The first-order chi connectivity index (χ1) is 11.9. The molecule has 1 unspecified atom stereocenters. The number of benzene rings is 2. The molecule has 2 aromatic carbocycles. The van der Waals surface area contributed by atoms with Crippen molar-refractivity contribution >= 4 is 10.0 Å². The van der Waals surface area contributed by atoms with Crippen molar-refractivity contribution in [2.45, 2.75) is 43.0 Å². The fraction of sp³-hybridized carbons (Fsp3) is 0.333. The summed E-state index contributed by atoms with van der Waals surface area (Å²) in [6, 6.07) is 17.3. The van der Waals surface area contributed by atoms with E-state index in [2.05, 4.69) is 18.7 Å². The van der Waals surface area contributed by atoms with Crippen LogP contribution in [0.3, 0.4) is 0 Å². The molecule has 0 radical (unpaired) electrons. The van der Waals surface area contributed by atoms with Gasteiger partial charge in [-0.2, -0.15) is 4.31 Å². The Bertz CT molecular complexity index is 843. The van der Waals surface area contributed by atoms with E-state index in [1.807, 2.05) is 50.3 Å². The Balaban J connectivity index is 1.99. The molecule has 0 spiro atoms. The topological polar surface area (TPSA) is 37.4 Å². The summed E-state index contributed by atoms with van der Waals surface area (Å²) in [5, 5.41) is 0. The molecule has 1 heterocycles. The monoisotopic (exact) mass is 355 g/mol. The Morgan fingerprint density at radius 2 is 1.80 bits per heavy atom. The van der Waals surface area contributed by atoms with Crippen LogP contribution in [0.25, 0.3) is 0 Å². The highest BCUT2D eigenvalue weighted by molar-refractivity contribution is 7.89. The average molecular weight is 356 g/mol. The zero-order chi connectivity index (χ0) is 18.1. The standard InChI is InChI=1S/C21H25NO2S/c1-4-14-21(19-8-6-5-7-9-19)15-18(3)22(16-21)25(23,24)20-12-10-17(2)11-13-20/h4-13,18H,1,14-16H2,2-3H3/t18-,21?/m1/s1. The van der Waals surface area contributed by atoms with E-state index in [0.29, 0.717) is 11.4 Å². The van der Waals surface area contributed by atoms with Gasteiger partial charge in [0.25, 0.3) is 0 Å². The Labute approximate surface area is 151 Å². The largest absolute Gasteiger partial charge is 0.243 e. The quantitative estimate of drug-likeness (QED) is 0.750. The average Bonchev–Trinajstić information content (AvgIpc) is 2.95. The highest BCUT2D eigenvalue weighted by atomic mass is 32.2. The van der Waals surface area contributed by atoms with Crippen LogP contribution in [0.1, 0.15) is 30.9 Å². The van der Waals surface area contributed by atoms with E-state index in [1.165, 1.54) is 5.56 Å². The third-order valence-corrected chi connectivity index (χ3v) is 7.16. The third kappa shape index (κ3) is 3.29. The zero-order valence-corrected chi connectivity index (χ0v) is 15.7. The van der Waals surface area contributed by atoms with Crippen LogP contribution in [0.4, 0.5) is 0 Å². The molecule has 0 aliphatic carbocycles. The van der Waals surface area contributed by atoms with E-state index in [-0.39, 0.29) is 11.5 Å². The molecule has 1 aliphatic heterocycles. The highest BCUT2D eigenvalue weighted by Gasteiger charge is 2.47. The van der Waals surface area contributed by atoms with E-state index in [4.69, 9.17) is 0 Å². The van der Waals surface area contributed by atoms with E-state index >= 15 is 0 Å². The van der Waals surface area contributed by atoms with Gasteiger partial charge in [0.15, 0.2) is 0 Å². The molecule has 0 aromatic heterocycles. The lowest BCUT2D eigenvalue weighted by Crippen LogP contribution is -2.36. The minimum Gasteiger partial charge on any atom is -0.207 e. The fourth-order valence-corrected chi connectivity index (χ4v) is 5.61. The molecule has 2 aromatic rings. The van der Waals surface area contributed by atoms with Crippen LogP contribution >= 0.6 is 0 Å². The van der Waals surface area contributed by atoms with Gasteiger partial charge in [-0.3, -0.25) is 0 Å². The molecule has 0 amide bonds. The molecule has 1 aliphatic rings. The zero-order valence-electron chi connectivity index (χ0n) is 14.9. The maximum atomic E-state index is 13.2. The molecule has 3 nitrogen and oxygen atoms in total. The summed E-state index contributed by atoms with van der Waals surface area (Å²) in [5.41, 5.74) is 2.03. The van der Waals surface area contributed by atoms with Gasteiger partial charge in [0, 0.05) is 18.0 Å². The molecule has 1 fully saturated rings. The van der Waals surface area contributed by atoms with Crippen molar-refractivity contribution in [1.29, 1.82) is 0 Å². The van der Waals surface area contributed by atoms with Gasteiger partial charge in [0.1, 0.15) is 0 Å². The molecule has 1 saturated heterocycles. The summed E-state index contributed by atoms with van der Waals surface area (Å²) in [4.78, 5) is 0.368. The predicted molar refractivity (Wildman–Crippen MR) is 102 cm³/mol. The lowest BCUT2D eigenvalue weighted by Gasteiger charge is -2.29. The Kier molecular flexibility index (Phi) is 4.85. The minimum absolute atomic E-state index is 0.0496. The second-order valence-corrected chi connectivity index (χ2v) is 8.95. The molecule has 0 bridgehead atoms. The molecule has 4 heteroatoms. The van der Waals surface area contributed by atoms with E-state index < -0.39 is 10.0 Å². The summed E-state index contributed by atoms with van der Waals surface area (Å²) in [6.45, 7) is 8.35. The summed E-state index contributed by atoms with van der Waals surface area (Å²) >= 11 is 0. The number of nitrogens with zero attached hydrogens (tertiary/aromatic N) is 1. The number of rotatable bonds is 5. The summed E-state index contributed by atoms with van der Waals surface area (Å²) < 4.78 is 28.0. The molecular weight excluding hydrogens is 330 g/mol. The molecule has 25 heavy (non-hydrogen) atoms. The first-order valence-electron chi connectivity index (χ1n) is 8.64. The van der Waals surface area contributed by atoms with Crippen LogP contribution in [0, 0.1) is 6.92 Å². The fourth-order valence-electron chi connectivity index (χ4n) is 3.90. The van der Waals surface area contributed by atoms with Crippen molar-refractivity contribution in [3.63, 3.8) is 0 Å². The van der Waals surface area contributed by atoms with Gasteiger partial charge in [0.2, 0.25) is 10.0 Å². The van der Waals surface area contributed by atoms with Crippen molar-refractivity contribution in [3.05, 3.63) is 78.4 Å². The highest BCUT2D eigenvalue weighted by Crippen LogP contribution is 2.43. The first kappa shape index (κ1) is 17.9.